The maximum Gasteiger partial charge on any atom is 0.251 e. The van der Waals surface area contributed by atoms with Gasteiger partial charge in [-0.25, -0.2) is 0 Å². The van der Waals surface area contributed by atoms with E-state index in [0.717, 1.165) is 12.0 Å². The number of hydrogen-bond donors (Lipinski definition) is 2. The SMILES string of the molecule is C=C(O)C1CCOc2cc(Oc3ccc(C(=O)NCCc4cccnc4C4CC4)cc3)c(Cl)cc21. The third-order valence-corrected chi connectivity index (χ3v) is 6.72. The number of carbonyl (C=O) groups is 1. The summed E-state index contributed by atoms with van der Waals surface area (Å²) in [6, 6.07) is 14.4. The summed E-state index contributed by atoms with van der Waals surface area (Å²) < 4.78 is 11.7. The molecule has 0 bridgehead atoms. The fourth-order valence-electron chi connectivity index (χ4n) is 4.41. The number of ether oxygens (including phenoxy) is 2. The van der Waals surface area contributed by atoms with Crippen LogP contribution in [-0.4, -0.2) is 29.1 Å². The van der Waals surface area contributed by atoms with Crippen molar-refractivity contribution in [2.45, 2.75) is 37.5 Å². The number of pyridine rings is 1. The van der Waals surface area contributed by atoms with E-state index >= 15 is 0 Å². The van der Waals surface area contributed by atoms with Crippen molar-refractivity contribution in [3.63, 3.8) is 0 Å². The first-order valence-electron chi connectivity index (χ1n) is 11.8. The average molecular weight is 491 g/mol. The summed E-state index contributed by atoms with van der Waals surface area (Å²) in [6.07, 6.45) is 5.65. The van der Waals surface area contributed by atoms with Crippen LogP contribution in [0.2, 0.25) is 5.02 Å². The summed E-state index contributed by atoms with van der Waals surface area (Å²) in [6.45, 7) is 4.68. The van der Waals surface area contributed by atoms with Crippen LogP contribution in [-0.2, 0) is 6.42 Å². The Kier molecular flexibility index (Phi) is 6.64. The second kappa shape index (κ2) is 10.0. The van der Waals surface area contributed by atoms with Crippen LogP contribution in [0.15, 0.2) is 67.1 Å². The Morgan fingerprint density at radius 2 is 2.00 bits per heavy atom. The molecule has 7 heteroatoms. The third-order valence-electron chi connectivity index (χ3n) is 6.42. The highest BCUT2D eigenvalue weighted by molar-refractivity contribution is 6.32. The summed E-state index contributed by atoms with van der Waals surface area (Å²) in [7, 11) is 0. The third kappa shape index (κ3) is 5.28. The predicted molar refractivity (Wildman–Crippen MR) is 135 cm³/mol. The highest BCUT2D eigenvalue weighted by Gasteiger charge is 2.27. The first-order valence-corrected chi connectivity index (χ1v) is 12.2. The number of aliphatic hydroxyl groups excluding tert-OH is 1. The minimum atomic E-state index is -0.207. The lowest BCUT2D eigenvalue weighted by Crippen LogP contribution is -2.25. The van der Waals surface area contributed by atoms with Crippen LogP contribution in [0.5, 0.6) is 17.2 Å². The molecule has 2 aliphatic rings. The Bertz CT molecular complexity index is 1250. The summed E-state index contributed by atoms with van der Waals surface area (Å²) in [4.78, 5) is 17.1. The largest absolute Gasteiger partial charge is 0.512 e. The molecular formula is C28H27ClN2O4. The lowest BCUT2D eigenvalue weighted by Gasteiger charge is -2.26. The van der Waals surface area contributed by atoms with Gasteiger partial charge < -0.3 is 19.9 Å². The van der Waals surface area contributed by atoms with Gasteiger partial charge in [-0.1, -0.05) is 24.2 Å². The van der Waals surface area contributed by atoms with E-state index in [9.17, 15) is 9.90 Å². The van der Waals surface area contributed by atoms with Gasteiger partial charge in [-0.3, -0.25) is 9.78 Å². The molecule has 5 rings (SSSR count). The minimum Gasteiger partial charge on any atom is -0.512 e. The first-order chi connectivity index (χ1) is 17.0. The van der Waals surface area contributed by atoms with Crippen molar-refractivity contribution in [2.75, 3.05) is 13.2 Å². The lowest BCUT2D eigenvalue weighted by molar-refractivity contribution is 0.0954. The first kappa shape index (κ1) is 23.2. The van der Waals surface area contributed by atoms with Gasteiger partial charge in [0.2, 0.25) is 0 Å². The number of rotatable bonds is 8. The molecule has 1 aromatic heterocycles. The number of aromatic nitrogens is 1. The van der Waals surface area contributed by atoms with E-state index in [4.69, 9.17) is 21.1 Å². The Morgan fingerprint density at radius 3 is 2.74 bits per heavy atom. The molecule has 2 aromatic carbocycles. The van der Waals surface area contributed by atoms with Crippen molar-refractivity contribution in [3.8, 4) is 17.2 Å². The number of nitrogens with zero attached hydrogens (tertiary/aromatic N) is 1. The lowest BCUT2D eigenvalue weighted by atomic mass is 9.92. The van der Waals surface area contributed by atoms with Gasteiger partial charge in [0.25, 0.3) is 5.91 Å². The van der Waals surface area contributed by atoms with E-state index in [2.05, 4.69) is 22.9 Å². The zero-order chi connectivity index (χ0) is 24.4. The molecule has 6 nitrogen and oxygen atoms in total. The van der Waals surface area contributed by atoms with Crippen molar-refractivity contribution < 1.29 is 19.4 Å². The van der Waals surface area contributed by atoms with E-state index in [-0.39, 0.29) is 17.6 Å². The molecule has 1 atom stereocenters. The summed E-state index contributed by atoms with van der Waals surface area (Å²) in [5.41, 5.74) is 3.73. The van der Waals surface area contributed by atoms with Gasteiger partial charge in [0, 0.05) is 47.5 Å². The maximum atomic E-state index is 12.6. The molecule has 1 unspecified atom stereocenters. The maximum absolute atomic E-state index is 12.6. The Morgan fingerprint density at radius 1 is 1.20 bits per heavy atom. The molecule has 1 aliphatic carbocycles. The van der Waals surface area contributed by atoms with Gasteiger partial charge in [-0.15, -0.1) is 0 Å². The number of allylic oxidation sites excluding steroid dienone is 1. The predicted octanol–water partition coefficient (Wildman–Crippen LogP) is 6.32. The van der Waals surface area contributed by atoms with Gasteiger partial charge in [0.15, 0.2) is 0 Å². The van der Waals surface area contributed by atoms with Crippen LogP contribution in [0.3, 0.4) is 0 Å². The van der Waals surface area contributed by atoms with Gasteiger partial charge in [-0.05, 0) is 67.6 Å². The van der Waals surface area contributed by atoms with Crippen LogP contribution < -0.4 is 14.8 Å². The van der Waals surface area contributed by atoms with Crippen molar-refractivity contribution in [3.05, 3.63) is 94.5 Å². The van der Waals surface area contributed by atoms with Gasteiger partial charge >= 0.3 is 0 Å². The fourth-order valence-corrected chi connectivity index (χ4v) is 4.63. The minimum absolute atomic E-state index is 0.0944. The van der Waals surface area contributed by atoms with E-state index < -0.39 is 0 Å². The van der Waals surface area contributed by atoms with Gasteiger partial charge in [0.05, 0.1) is 17.4 Å². The summed E-state index contributed by atoms with van der Waals surface area (Å²) >= 11 is 6.44. The molecule has 0 radical (unpaired) electrons. The molecule has 1 aliphatic heterocycles. The van der Waals surface area contributed by atoms with E-state index in [1.807, 2.05) is 12.3 Å². The van der Waals surface area contributed by atoms with Crippen LogP contribution in [0.25, 0.3) is 0 Å². The Hall–Kier alpha value is -3.51. The standard InChI is InChI=1S/C28H27ClN2O4/c1-17(32)22-11-14-34-25-16-26(24(29)15-23(22)25)35-21-8-6-20(7-9-21)28(33)31-13-10-18-3-2-12-30-27(18)19-4-5-19/h2-3,6-9,12,15-16,19,22,32H,1,4-5,10-11,13-14H2,(H,31,33). The van der Waals surface area contributed by atoms with Crippen molar-refractivity contribution in [2.24, 2.45) is 0 Å². The number of nitrogens with one attached hydrogen (secondary N) is 1. The Labute approximate surface area is 209 Å². The zero-order valence-electron chi connectivity index (χ0n) is 19.3. The molecule has 3 aromatic rings. The highest BCUT2D eigenvalue weighted by Crippen LogP contribution is 2.43. The highest BCUT2D eigenvalue weighted by atomic mass is 35.5. The van der Waals surface area contributed by atoms with Crippen molar-refractivity contribution in [1.82, 2.24) is 10.3 Å². The number of benzene rings is 2. The molecule has 2 heterocycles. The normalized spacial score (nSPS) is 16.7. The Balaban J connectivity index is 1.20. The topological polar surface area (TPSA) is 80.7 Å². The molecule has 0 spiro atoms. The monoisotopic (exact) mass is 490 g/mol. The van der Waals surface area contributed by atoms with Crippen LogP contribution in [0.4, 0.5) is 0 Å². The van der Waals surface area contributed by atoms with Crippen LogP contribution in [0.1, 0.15) is 58.3 Å². The van der Waals surface area contributed by atoms with Gasteiger partial charge in [-0.2, -0.15) is 0 Å². The quantitative estimate of drug-likeness (QED) is 0.361. The smallest absolute Gasteiger partial charge is 0.251 e. The number of fused-ring (bicyclic) bond motifs is 1. The van der Waals surface area contributed by atoms with Crippen molar-refractivity contribution >= 4 is 17.5 Å². The average Bonchev–Trinajstić information content (AvgIpc) is 3.70. The zero-order valence-corrected chi connectivity index (χ0v) is 20.1. The summed E-state index contributed by atoms with van der Waals surface area (Å²) in [5, 5.41) is 13.3. The van der Waals surface area contributed by atoms with E-state index in [1.54, 1.807) is 36.4 Å². The molecule has 1 amide bonds. The number of halogens is 1. The second-order valence-corrected chi connectivity index (χ2v) is 9.36. The van der Waals surface area contributed by atoms with Crippen molar-refractivity contribution in [1.29, 1.82) is 0 Å². The molecule has 2 N–H and O–H groups in total. The van der Waals surface area contributed by atoms with Gasteiger partial charge in [0.1, 0.15) is 17.2 Å². The molecule has 35 heavy (non-hydrogen) atoms. The van der Waals surface area contributed by atoms with E-state index in [1.165, 1.54) is 24.1 Å². The number of carbonyl (C=O) groups excluding carboxylic acids is 1. The molecule has 0 saturated heterocycles. The molecule has 1 fully saturated rings. The van der Waals surface area contributed by atoms with E-state index in [0.29, 0.717) is 53.3 Å². The van der Waals surface area contributed by atoms with Crippen LogP contribution >= 0.6 is 11.6 Å². The number of amides is 1. The summed E-state index contributed by atoms with van der Waals surface area (Å²) in [5.74, 6) is 1.94. The second-order valence-electron chi connectivity index (χ2n) is 8.96. The fraction of sp³-hybridized carbons (Fsp3) is 0.286. The molecular weight excluding hydrogens is 464 g/mol. The molecule has 1 saturated carbocycles. The van der Waals surface area contributed by atoms with Crippen LogP contribution in [0, 0.1) is 0 Å². The number of hydrogen-bond acceptors (Lipinski definition) is 5. The number of aliphatic hydroxyl groups is 1. The molecule has 180 valence electrons.